The number of benzene rings is 1. The minimum absolute atomic E-state index is 0.373. The van der Waals surface area contributed by atoms with Crippen molar-refractivity contribution in [1.82, 2.24) is 5.06 Å². The van der Waals surface area contributed by atoms with Crippen LogP contribution in [0.25, 0.3) is 6.08 Å². The zero-order chi connectivity index (χ0) is 11.5. The molecule has 0 N–H and O–H groups in total. The zero-order valence-electron chi connectivity index (χ0n) is 8.54. The highest BCUT2D eigenvalue weighted by Gasteiger charge is 2.35. The van der Waals surface area contributed by atoms with Gasteiger partial charge in [0.15, 0.2) is 0 Å². The number of hydrogen-bond donors (Lipinski definition) is 0. The summed E-state index contributed by atoms with van der Waals surface area (Å²) in [6, 6.07) is 9.35. The highest BCUT2D eigenvalue weighted by molar-refractivity contribution is 8.18. The molecular formula is C11H9NO3S. The van der Waals surface area contributed by atoms with E-state index in [-0.39, 0.29) is 0 Å². The molecule has 82 valence electrons. The van der Waals surface area contributed by atoms with Crippen molar-refractivity contribution in [3.63, 3.8) is 0 Å². The third-order valence-corrected chi connectivity index (χ3v) is 2.89. The van der Waals surface area contributed by atoms with Gasteiger partial charge in [0.1, 0.15) is 0 Å². The molecule has 0 aromatic heterocycles. The summed E-state index contributed by atoms with van der Waals surface area (Å²) in [5.74, 6) is -0.415. The number of carbonyl (C=O) groups is 2. The van der Waals surface area contributed by atoms with Gasteiger partial charge in [-0.25, -0.2) is 0 Å². The molecule has 5 heteroatoms. The van der Waals surface area contributed by atoms with E-state index < -0.39 is 11.1 Å². The molecule has 1 saturated heterocycles. The van der Waals surface area contributed by atoms with E-state index in [0.29, 0.717) is 4.91 Å². The molecule has 1 aliphatic heterocycles. The first-order valence-electron chi connectivity index (χ1n) is 4.59. The SMILES string of the molecule is CON1C(=O)SC(=Cc2ccccc2)C1=O. The van der Waals surface area contributed by atoms with Crippen molar-refractivity contribution in [3.8, 4) is 0 Å². The summed E-state index contributed by atoms with van der Waals surface area (Å²) in [6.07, 6.45) is 1.67. The fourth-order valence-corrected chi connectivity index (χ4v) is 2.11. The van der Waals surface area contributed by atoms with Crippen molar-refractivity contribution in [2.75, 3.05) is 7.11 Å². The van der Waals surface area contributed by atoms with E-state index in [0.717, 1.165) is 22.4 Å². The Kier molecular flexibility index (Phi) is 3.07. The lowest BCUT2D eigenvalue weighted by Gasteiger charge is -2.06. The predicted molar refractivity (Wildman–Crippen MR) is 61.3 cm³/mol. The first-order valence-corrected chi connectivity index (χ1v) is 5.41. The van der Waals surface area contributed by atoms with E-state index in [2.05, 4.69) is 4.84 Å². The number of hydrogen-bond acceptors (Lipinski definition) is 4. The second-order valence-electron chi connectivity index (χ2n) is 3.07. The minimum atomic E-state index is -0.415. The molecule has 1 aliphatic rings. The number of carbonyl (C=O) groups excluding carboxylic acids is 2. The quantitative estimate of drug-likeness (QED) is 0.738. The molecule has 0 bridgehead atoms. The van der Waals surface area contributed by atoms with Crippen molar-refractivity contribution in [1.29, 1.82) is 0 Å². The van der Waals surface area contributed by atoms with Gasteiger partial charge in [0.2, 0.25) is 0 Å². The van der Waals surface area contributed by atoms with Crippen LogP contribution in [0.4, 0.5) is 4.79 Å². The summed E-state index contributed by atoms with van der Waals surface area (Å²) >= 11 is 0.875. The first-order chi connectivity index (χ1) is 7.72. The van der Waals surface area contributed by atoms with Gasteiger partial charge in [0, 0.05) is 0 Å². The van der Waals surface area contributed by atoms with Crippen LogP contribution in [-0.4, -0.2) is 23.3 Å². The fraction of sp³-hybridized carbons (Fsp3) is 0.0909. The lowest BCUT2D eigenvalue weighted by atomic mass is 10.2. The minimum Gasteiger partial charge on any atom is -0.266 e. The maximum absolute atomic E-state index is 11.6. The van der Waals surface area contributed by atoms with E-state index in [9.17, 15) is 9.59 Å². The Bertz CT molecular complexity index is 456. The van der Waals surface area contributed by atoms with E-state index in [1.807, 2.05) is 30.3 Å². The fourth-order valence-electron chi connectivity index (χ4n) is 1.31. The lowest BCUT2D eigenvalue weighted by molar-refractivity contribution is -0.151. The number of thioether (sulfide) groups is 1. The van der Waals surface area contributed by atoms with Crippen LogP contribution < -0.4 is 0 Å². The second kappa shape index (κ2) is 4.51. The second-order valence-corrected chi connectivity index (χ2v) is 4.06. The number of imide groups is 1. The molecule has 16 heavy (non-hydrogen) atoms. The molecule has 1 aromatic rings. The molecule has 0 aliphatic carbocycles. The highest BCUT2D eigenvalue weighted by Crippen LogP contribution is 2.31. The number of nitrogens with zero attached hydrogens (tertiary/aromatic N) is 1. The molecule has 1 aromatic carbocycles. The largest absolute Gasteiger partial charge is 0.317 e. The summed E-state index contributed by atoms with van der Waals surface area (Å²) in [6.45, 7) is 0. The van der Waals surface area contributed by atoms with Crippen molar-refractivity contribution < 1.29 is 14.4 Å². The molecular weight excluding hydrogens is 226 g/mol. The van der Waals surface area contributed by atoms with Crippen molar-refractivity contribution in [3.05, 3.63) is 40.8 Å². The van der Waals surface area contributed by atoms with Crippen LogP contribution >= 0.6 is 11.8 Å². The first kappa shape index (κ1) is 10.9. The highest BCUT2D eigenvalue weighted by atomic mass is 32.2. The topological polar surface area (TPSA) is 46.6 Å². The smallest absolute Gasteiger partial charge is 0.266 e. The zero-order valence-corrected chi connectivity index (χ0v) is 9.36. The average Bonchev–Trinajstić information content (AvgIpc) is 2.55. The molecule has 0 atom stereocenters. The van der Waals surface area contributed by atoms with Gasteiger partial charge in [-0.1, -0.05) is 30.3 Å². The van der Waals surface area contributed by atoms with E-state index >= 15 is 0 Å². The Morgan fingerprint density at radius 1 is 1.25 bits per heavy atom. The lowest BCUT2D eigenvalue weighted by Crippen LogP contribution is -2.26. The van der Waals surface area contributed by atoms with E-state index in [1.54, 1.807) is 6.08 Å². The van der Waals surface area contributed by atoms with Gasteiger partial charge in [-0.05, 0) is 23.4 Å². The monoisotopic (exact) mass is 235 g/mol. The molecule has 0 saturated carbocycles. The average molecular weight is 235 g/mol. The van der Waals surface area contributed by atoms with Crippen LogP contribution in [0.5, 0.6) is 0 Å². The van der Waals surface area contributed by atoms with Crippen molar-refractivity contribution in [2.45, 2.75) is 0 Å². The molecule has 1 fully saturated rings. The Hall–Kier alpha value is -1.59. The predicted octanol–water partition coefficient (Wildman–Crippen LogP) is 2.28. The van der Waals surface area contributed by atoms with Gasteiger partial charge in [-0.2, -0.15) is 0 Å². The number of rotatable bonds is 2. The van der Waals surface area contributed by atoms with Crippen molar-refractivity contribution >= 4 is 29.0 Å². The maximum atomic E-state index is 11.6. The number of hydroxylamine groups is 2. The van der Waals surface area contributed by atoms with Crippen LogP contribution in [-0.2, 0) is 9.63 Å². The maximum Gasteiger partial charge on any atom is 0.317 e. The summed E-state index contributed by atoms with van der Waals surface area (Å²) in [7, 11) is 1.29. The molecule has 0 unspecified atom stereocenters. The normalized spacial score (nSPS) is 18.6. The molecule has 1 heterocycles. The van der Waals surface area contributed by atoms with Crippen LogP contribution in [0.1, 0.15) is 5.56 Å². The third kappa shape index (κ3) is 2.00. The van der Waals surface area contributed by atoms with Crippen LogP contribution in [0.15, 0.2) is 35.2 Å². The summed E-state index contributed by atoms with van der Waals surface area (Å²) in [5.41, 5.74) is 0.879. The van der Waals surface area contributed by atoms with Crippen LogP contribution in [0, 0.1) is 0 Å². The standard InChI is InChI=1S/C11H9NO3S/c1-15-12-10(13)9(16-11(12)14)7-8-5-3-2-4-6-8/h2-7H,1H3. The summed E-state index contributed by atoms with van der Waals surface area (Å²) in [4.78, 5) is 28.0. The van der Waals surface area contributed by atoms with Gasteiger partial charge in [-0.3, -0.25) is 14.4 Å². The van der Waals surface area contributed by atoms with Crippen LogP contribution in [0.3, 0.4) is 0 Å². The van der Waals surface area contributed by atoms with Gasteiger partial charge in [0.25, 0.3) is 5.91 Å². The molecule has 4 nitrogen and oxygen atoms in total. The Morgan fingerprint density at radius 3 is 2.50 bits per heavy atom. The number of amides is 2. The van der Waals surface area contributed by atoms with Gasteiger partial charge in [-0.15, -0.1) is 5.06 Å². The molecule has 0 radical (unpaired) electrons. The van der Waals surface area contributed by atoms with Crippen molar-refractivity contribution in [2.24, 2.45) is 0 Å². The van der Waals surface area contributed by atoms with Gasteiger partial charge >= 0.3 is 5.24 Å². The Labute approximate surface area is 96.8 Å². The van der Waals surface area contributed by atoms with E-state index in [4.69, 9.17) is 0 Å². The molecule has 0 spiro atoms. The van der Waals surface area contributed by atoms with Gasteiger partial charge < -0.3 is 0 Å². The van der Waals surface area contributed by atoms with Gasteiger partial charge in [0.05, 0.1) is 12.0 Å². The molecule has 2 rings (SSSR count). The molecule has 2 amide bonds. The summed E-state index contributed by atoms with van der Waals surface area (Å²) < 4.78 is 0. The van der Waals surface area contributed by atoms with E-state index in [1.165, 1.54) is 7.11 Å². The third-order valence-electron chi connectivity index (χ3n) is 2.04. The van der Waals surface area contributed by atoms with Crippen LogP contribution in [0.2, 0.25) is 0 Å². The Balaban J connectivity index is 2.27. The summed E-state index contributed by atoms with van der Waals surface area (Å²) in [5, 5.41) is 0.342. The Morgan fingerprint density at radius 2 is 1.94 bits per heavy atom.